The maximum Gasteiger partial charge on any atom is 0.335 e. The fourth-order valence-corrected chi connectivity index (χ4v) is 2.94. The molecular formula is C11H14FNO5S. The summed E-state index contributed by atoms with van der Waals surface area (Å²) in [5, 5.41) is 17.6. The summed E-state index contributed by atoms with van der Waals surface area (Å²) in [4.78, 5) is 10.3. The van der Waals surface area contributed by atoms with Gasteiger partial charge in [0, 0.05) is 11.6 Å². The molecule has 106 valence electrons. The first kappa shape index (κ1) is 15.5. The van der Waals surface area contributed by atoms with Gasteiger partial charge in [0.05, 0.1) is 17.1 Å². The van der Waals surface area contributed by atoms with Gasteiger partial charge in [-0.3, -0.25) is 0 Å². The molecule has 1 aromatic carbocycles. The molecule has 0 amide bonds. The summed E-state index contributed by atoms with van der Waals surface area (Å²) in [5.74, 6) is -2.34. The van der Waals surface area contributed by atoms with E-state index < -0.39 is 44.9 Å². The van der Waals surface area contributed by atoms with E-state index in [4.69, 9.17) is 10.2 Å². The average molecular weight is 291 g/mol. The number of aromatic carboxylic acids is 1. The molecule has 0 unspecified atom stereocenters. The second-order valence-corrected chi connectivity index (χ2v) is 5.77. The van der Waals surface area contributed by atoms with Gasteiger partial charge >= 0.3 is 5.97 Å². The lowest BCUT2D eigenvalue weighted by Crippen LogP contribution is -2.35. The number of hydrogen-bond donors (Lipinski definition) is 3. The smallest absolute Gasteiger partial charge is 0.335 e. The van der Waals surface area contributed by atoms with Crippen molar-refractivity contribution in [3.63, 3.8) is 0 Å². The summed E-state index contributed by atoms with van der Waals surface area (Å²) in [5.41, 5.74) is -0.636. The SMILES string of the molecule is Cc1c(F)cc(C(=O)O)cc1S(=O)(=O)N[C@H](C)CO. The zero-order valence-electron chi connectivity index (χ0n) is 10.3. The minimum Gasteiger partial charge on any atom is -0.478 e. The van der Waals surface area contributed by atoms with Gasteiger partial charge < -0.3 is 10.2 Å². The molecule has 0 heterocycles. The Morgan fingerprint density at radius 2 is 2.05 bits per heavy atom. The highest BCUT2D eigenvalue weighted by molar-refractivity contribution is 7.89. The van der Waals surface area contributed by atoms with Crippen LogP contribution in [0.5, 0.6) is 0 Å². The van der Waals surface area contributed by atoms with Crippen molar-refractivity contribution in [1.82, 2.24) is 4.72 Å². The Labute approximate surface area is 109 Å². The maximum atomic E-state index is 13.5. The van der Waals surface area contributed by atoms with E-state index in [0.717, 1.165) is 12.1 Å². The number of hydrogen-bond acceptors (Lipinski definition) is 4. The van der Waals surface area contributed by atoms with E-state index in [0.29, 0.717) is 0 Å². The fraction of sp³-hybridized carbons (Fsp3) is 0.364. The minimum absolute atomic E-state index is 0.178. The first-order valence-corrected chi connectivity index (χ1v) is 6.84. The van der Waals surface area contributed by atoms with Gasteiger partial charge in [-0.1, -0.05) is 0 Å². The highest BCUT2D eigenvalue weighted by Crippen LogP contribution is 2.21. The van der Waals surface area contributed by atoms with Crippen LogP contribution in [-0.4, -0.2) is 37.2 Å². The molecule has 0 bridgehead atoms. The number of carbonyl (C=O) groups is 1. The average Bonchev–Trinajstić information content (AvgIpc) is 2.31. The lowest BCUT2D eigenvalue weighted by Gasteiger charge is -2.14. The number of carboxylic acid groups (broad SMARTS) is 1. The quantitative estimate of drug-likeness (QED) is 0.732. The standard InChI is InChI=1S/C11H14FNO5S/c1-6(5-14)13-19(17,18)10-4-8(11(15)16)3-9(12)7(10)2/h3-4,6,13-14H,5H2,1-2H3,(H,15,16)/t6-/m1/s1. The zero-order chi connectivity index (χ0) is 14.8. The molecular weight excluding hydrogens is 277 g/mol. The van der Waals surface area contributed by atoms with Crippen molar-refractivity contribution in [2.45, 2.75) is 24.8 Å². The molecule has 0 aliphatic carbocycles. The van der Waals surface area contributed by atoms with Crippen molar-refractivity contribution in [2.75, 3.05) is 6.61 Å². The first-order chi connectivity index (χ1) is 8.69. The second kappa shape index (κ2) is 5.64. The maximum absolute atomic E-state index is 13.5. The first-order valence-electron chi connectivity index (χ1n) is 5.35. The van der Waals surface area contributed by atoms with Crippen LogP contribution in [0.15, 0.2) is 17.0 Å². The molecule has 0 aromatic heterocycles. The van der Waals surface area contributed by atoms with Crippen LogP contribution >= 0.6 is 0 Å². The Morgan fingerprint density at radius 3 is 2.53 bits per heavy atom. The van der Waals surface area contributed by atoms with Gasteiger partial charge in [0.2, 0.25) is 10.0 Å². The number of halogens is 1. The summed E-state index contributed by atoms with van der Waals surface area (Å²) < 4.78 is 39.6. The Morgan fingerprint density at radius 1 is 1.47 bits per heavy atom. The van der Waals surface area contributed by atoms with Crippen molar-refractivity contribution in [3.05, 3.63) is 29.1 Å². The molecule has 0 fully saturated rings. The molecule has 1 rings (SSSR count). The molecule has 0 spiro atoms. The lowest BCUT2D eigenvalue weighted by molar-refractivity contribution is 0.0696. The Kier molecular flexibility index (Phi) is 4.61. The Bertz CT molecular complexity index is 599. The van der Waals surface area contributed by atoms with E-state index >= 15 is 0 Å². The third-order valence-electron chi connectivity index (χ3n) is 2.46. The highest BCUT2D eigenvalue weighted by atomic mass is 32.2. The van der Waals surface area contributed by atoms with Crippen molar-refractivity contribution in [1.29, 1.82) is 0 Å². The summed E-state index contributed by atoms with van der Waals surface area (Å²) in [6, 6.07) is 0.875. The molecule has 0 aliphatic rings. The minimum atomic E-state index is -4.09. The molecule has 0 saturated carbocycles. The normalized spacial score (nSPS) is 13.3. The molecule has 0 aliphatic heterocycles. The monoisotopic (exact) mass is 291 g/mol. The molecule has 1 atom stereocenters. The van der Waals surface area contributed by atoms with Crippen LogP contribution in [-0.2, 0) is 10.0 Å². The second-order valence-electron chi connectivity index (χ2n) is 4.09. The molecule has 1 aromatic rings. The number of nitrogens with one attached hydrogen (secondary N) is 1. The summed E-state index contributed by atoms with van der Waals surface area (Å²) in [7, 11) is -4.09. The van der Waals surface area contributed by atoms with E-state index in [-0.39, 0.29) is 5.56 Å². The van der Waals surface area contributed by atoms with Crippen LogP contribution in [0.2, 0.25) is 0 Å². The van der Waals surface area contributed by atoms with E-state index in [1.807, 2.05) is 0 Å². The Balaban J connectivity index is 3.37. The molecule has 8 heteroatoms. The van der Waals surface area contributed by atoms with E-state index in [1.165, 1.54) is 13.8 Å². The zero-order valence-corrected chi connectivity index (χ0v) is 11.2. The number of rotatable bonds is 5. The predicted octanol–water partition coefficient (Wildman–Crippen LogP) is 0.491. The predicted molar refractivity (Wildman–Crippen MR) is 65.0 cm³/mol. The van der Waals surface area contributed by atoms with Crippen LogP contribution in [0.25, 0.3) is 0 Å². The highest BCUT2D eigenvalue weighted by Gasteiger charge is 2.23. The number of aliphatic hydroxyl groups excluding tert-OH is 1. The van der Waals surface area contributed by atoms with Crippen LogP contribution in [0.4, 0.5) is 4.39 Å². The van der Waals surface area contributed by atoms with Crippen molar-refractivity contribution < 1.29 is 27.8 Å². The van der Waals surface area contributed by atoms with Crippen molar-refractivity contribution in [3.8, 4) is 0 Å². The Hall–Kier alpha value is -1.51. The summed E-state index contributed by atoms with van der Waals surface area (Å²) in [6.07, 6.45) is 0. The van der Waals surface area contributed by atoms with Gasteiger partial charge in [0.25, 0.3) is 0 Å². The number of carboxylic acids is 1. The van der Waals surface area contributed by atoms with Crippen molar-refractivity contribution >= 4 is 16.0 Å². The van der Waals surface area contributed by atoms with E-state index in [1.54, 1.807) is 0 Å². The van der Waals surface area contributed by atoms with Crippen molar-refractivity contribution in [2.24, 2.45) is 0 Å². The van der Waals surface area contributed by atoms with Gasteiger partial charge in [0.1, 0.15) is 5.82 Å². The lowest BCUT2D eigenvalue weighted by atomic mass is 10.1. The van der Waals surface area contributed by atoms with Crippen LogP contribution < -0.4 is 4.72 Å². The van der Waals surface area contributed by atoms with Gasteiger partial charge in [-0.25, -0.2) is 22.3 Å². The van der Waals surface area contributed by atoms with E-state index in [2.05, 4.69) is 4.72 Å². The van der Waals surface area contributed by atoms with Crippen LogP contribution in [0.3, 0.4) is 0 Å². The molecule has 6 nitrogen and oxygen atoms in total. The van der Waals surface area contributed by atoms with E-state index in [9.17, 15) is 17.6 Å². The van der Waals surface area contributed by atoms with Crippen LogP contribution in [0.1, 0.15) is 22.8 Å². The topological polar surface area (TPSA) is 104 Å². The van der Waals surface area contributed by atoms with Gasteiger partial charge in [-0.15, -0.1) is 0 Å². The van der Waals surface area contributed by atoms with Gasteiger partial charge in [0.15, 0.2) is 0 Å². The number of sulfonamides is 1. The fourth-order valence-electron chi connectivity index (χ4n) is 1.42. The largest absolute Gasteiger partial charge is 0.478 e. The number of aliphatic hydroxyl groups is 1. The third-order valence-corrected chi connectivity index (χ3v) is 4.18. The molecule has 0 saturated heterocycles. The molecule has 3 N–H and O–H groups in total. The van der Waals surface area contributed by atoms with Gasteiger partial charge in [-0.2, -0.15) is 0 Å². The summed E-state index contributed by atoms with van der Waals surface area (Å²) in [6.45, 7) is 2.23. The molecule has 0 radical (unpaired) electrons. The van der Waals surface area contributed by atoms with Gasteiger partial charge in [-0.05, 0) is 26.0 Å². The number of benzene rings is 1. The molecule has 19 heavy (non-hydrogen) atoms. The summed E-state index contributed by atoms with van der Waals surface area (Å²) >= 11 is 0. The third kappa shape index (κ3) is 3.49. The van der Waals surface area contributed by atoms with Crippen LogP contribution in [0, 0.1) is 12.7 Å².